The van der Waals surface area contributed by atoms with Crippen LogP contribution in [-0.4, -0.2) is 0 Å². The largest absolute Gasteiger partial charge is 0.205 e. The van der Waals surface area contributed by atoms with Crippen molar-refractivity contribution >= 4 is 11.6 Å². The molecule has 0 N–H and O–H groups in total. The van der Waals surface area contributed by atoms with E-state index in [1.54, 1.807) is 12.5 Å². The maximum atomic E-state index is 13.9. The number of hydrogen-bond donors (Lipinski definition) is 0. The van der Waals surface area contributed by atoms with Crippen LogP contribution in [0.25, 0.3) is 0 Å². The molecule has 132 valence electrons. The summed E-state index contributed by atoms with van der Waals surface area (Å²) in [6.07, 6.45) is 13.9. The summed E-state index contributed by atoms with van der Waals surface area (Å²) in [6, 6.07) is 3.82. The molecule has 2 aliphatic carbocycles. The molecular formula is C22H30ClF. The van der Waals surface area contributed by atoms with Gasteiger partial charge in [0.2, 0.25) is 0 Å². The Morgan fingerprint density at radius 3 is 2.46 bits per heavy atom. The third kappa shape index (κ3) is 4.23. The smallest absolute Gasteiger partial charge is 0.144 e. The van der Waals surface area contributed by atoms with E-state index in [1.807, 2.05) is 12.1 Å². The van der Waals surface area contributed by atoms with Gasteiger partial charge >= 0.3 is 0 Å². The minimum absolute atomic E-state index is 0.251. The number of benzene rings is 1. The zero-order valence-electron chi connectivity index (χ0n) is 15.1. The predicted octanol–water partition coefficient (Wildman–Crippen LogP) is 7.27. The lowest BCUT2D eigenvalue weighted by Gasteiger charge is -2.34. The number of allylic oxidation sites excluding steroid dienone is 2. The highest BCUT2D eigenvalue weighted by atomic mass is 35.5. The first-order chi connectivity index (χ1) is 11.5. The van der Waals surface area contributed by atoms with E-state index in [2.05, 4.69) is 13.0 Å². The van der Waals surface area contributed by atoms with Gasteiger partial charge in [-0.2, -0.15) is 0 Å². The molecule has 0 heterocycles. The van der Waals surface area contributed by atoms with Crippen molar-refractivity contribution in [2.24, 2.45) is 17.8 Å². The van der Waals surface area contributed by atoms with Crippen LogP contribution in [0.4, 0.5) is 4.39 Å². The number of halogens is 2. The Hall–Kier alpha value is -0.820. The average molecular weight is 349 g/mol. The van der Waals surface area contributed by atoms with Crippen molar-refractivity contribution in [3.05, 3.63) is 45.7 Å². The first-order valence-corrected chi connectivity index (χ1v) is 10.0. The molecule has 0 radical (unpaired) electrons. The topological polar surface area (TPSA) is 0 Å². The summed E-state index contributed by atoms with van der Waals surface area (Å²) in [6.45, 7) is 4.16. The third-order valence-corrected chi connectivity index (χ3v) is 6.75. The van der Waals surface area contributed by atoms with Crippen LogP contribution in [0.1, 0.15) is 69.4 Å². The van der Waals surface area contributed by atoms with Gasteiger partial charge in [-0.25, -0.2) is 4.39 Å². The summed E-state index contributed by atoms with van der Waals surface area (Å²) in [7, 11) is 0. The highest BCUT2D eigenvalue weighted by Gasteiger charge is 2.27. The van der Waals surface area contributed by atoms with E-state index in [0.29, 0.717) is 10.6 Å². The Morgan fingerprint density at radius 2 is 1.79 bits per heavy atom. The van der Waals surface area contributed by atoms with Crippen molar-refractivity contribution in [3.8, 4) is 0 Å². The molecule has 0 amide bonds. The molecule has 1 fully saturated rings. The van der Waals surface area contributed by atoms with E-state index in [4.69, 9.17) is 11.6 Å². The normalized spacial score (nSPS) is 27.8. The van der Waals surface area contributed by atoms with Crippen LogP contribution in [0.15, 0.2) is 23.8 Å². The van der Waals surface area contributed by atoms with E-state index in [-0.39, 0.29) is 5.82 Å². The summed E-state index contributed by atoms with van der Waals surface area (Å²) < 4.78 is 13.9. The van der Waals surface area contributed by atoms with Gasteiger partial charge in [-0.15, -0.1) is 0 Å². The summed E-state index contributed by atoms with van der Waals surface area (Å²) in [5.74, 6) is 2.55. The number of aryl methyl sites for hydroxylation is 2. The molecule has 0 aromatic heterocycles. The Kier molecular flexibility index (Phi) is 6.02. The summed E-state index contributed by atoms with van der Waals surface area (Å²) in [5, 5.41) is 0.320. The Morgan fingerprint density at radius 1 is 1.04 bits per heavy atom. The molecular weight excluding hydrogens is 319 g/mol. The molecule has 1 atom stereocenters. The van der Waals surface area contributed by atoms with Crippen molar-refractivity contribution < 1.29 is 4.39 Å². The maximum Gasteiger partial charge on any atom is 0.144 e. The lowest BCUT2D eigenvalue weighted by molar-refractivity contribution is 0.199. The lowest BCUT2D eigenvalue weighted by Crippen LogP contribution is -2.22. The zero-order valence-corrected chi connectivity index (χ0v) is 15.8. The average Bonchev–Trinajstić information content (AvgIpc) is 2.60. The van der Waals surface area contributed by atoms with Crippen molar-refractivity contribution in [2.45, 2.75) is 71.6 Å². The maximum absolute atomic E-state index is 13.9. The summed E-state index contributed by atoms with van der Waals surface area (Å²) >= 11 is 6.16. The second-order valence-electron chi connectivity index (χ2n) is 8.09. The summed E-state index contributed by atoms with van der Waals surface area (Å²) in [5.41, 5.74) is 3.13. The van der Waals surface area contributed by atoms with Crippen molar-refractivity contribution in [1.29, 1.82) is 0 Å². The third-order valence-electron chi connectivity index (χ3n) is 6.34. The molecule has 3 rings (SSSR count). The molecule has 0 bridgehead atoms. The van der Waals surface area contributed by atoms with Crippen LogP contribution in [0, 0.1) is 30.5 Å². The SMILES string of the molecule is Cc1ccc(CCC2=CCC(C3CCC(C)CC3)CC2)c(Cl)c1F. The van der Waals surface area contributed by atoms with Crippen LogP contribution in [-0.2, 0) is 6.42 Å². The van der Waals surface area contributed by atoms with Gasteiger partial charge in [-0.05, 0) is 80.8 Å². The molecule has 0 aliphatic heterocycles. The van der Waals surface area contributed by atoms with E-state index in [1.165, 1.54) is 44.9 Å². The fourth-order valence-electron chi connectivity index (χ4n) is 4.50. The van der Waals surface area contributed by atoms with Crippen molar-refractivity contribution in [1.82, 2.24) is 0 Å². The Balaban J connectivity index is 1.52. The van der Waals surface area contributed by atoms with Gasteiger partial charge in [-0.1, -0.05) is 55.1 Å². The molecule has 24 heavy (non-hydrogen) atoms. The molecule has 1 aromatic carbocycles. The van der Waals surface area contributed by atoms with Gasteiger partial charge in [0, 0.05) is 0 Å². The monoisotopic (exact) mass is 348 g/mol. The van der Waals surface area contributed by atoms with Crippen LogP contribution in [0.3, 0.4) is 0 Å². The number of hydrogen-bond acceptors (Lipinski definition) is 0. The molecule has 2 aliphatic rings. The molecule has 1 unspecified atom stereocenters. The van der Waals surface area contributed by atoms with Crippen LogP contribution in [0.2, 0.25) is 5.02 Å². The predicted molar refractivity (Wildman–Crippen MR) is 101 cm³/mol. The van der Waals surface area contributed by atoms with E-state index >= 15 is 0 Å². The van der Waals surface area contributed by atoms with Crippen molar-refractivity contribution in [2.75, 3.05) is 0 Å². The zero-order chi connectivity index (χ0) is 17.1. The van der Waals surface area contributed by atoms with Gasteiger partial charge in [-0.3, -0.25) is 0 Å². The molecule has 0 nitrogen and oxygen atoms in total. The van der Waals surface area contributed by atoms with Crippen LogP contribution < -0.4 is 0 Å². The van der Waals surface area contributed by atoms with Crippen LogP contribution in [0.5, 0.6) is 0 Å². The standard InChI is InChI=1S/C22H30ClF/c1-15-3-9-18(10-4-15)19-12-6-17(7-13-19)8-14-20-11-5-16(2)22(24)21(20)23/h5-6,11,15,18-19H,3-4,7-10,12-14H2,1-2H3. The van der Waals surface area contributed by atoms with Gasteiger partial charge < -0.3 is 0 Å². The van der Waals surface area contributed by atoms with Gasteiger partial charge in [0.1, 0.15) is 5.82 Å². The fourth-order valence-corrected chi connectivity index (χ4v) is 4.80. The van der Waals surface area contributed by atoms with Gasteiger partial charge in [0.15, 0.2) is 0 Å². The highest BCUT2D eigenvalue weighted by Crippen LogP contribution is 2.40. The molecule has 0 spiro atoms. The van der Waals surface area contributed by atoms with E-state index in [0.717, 1.165) is 36.2 Å². The minimum Gasteiger partial charge on any atom is -0.205 e. The molecule has 1 saturated carbocycles. The second-order valence-corrected chi connectivity index (χ2v) is 8.46. The first-order valence-electron chi connectivity index (χ1n) is 9.66. The van der Waals surface area contributed by atoms with E-state index in [9.17, 15) is 4.39 Å². The quantitative estimate of drug-likeness (QED) is 0.502. The van der Waals surface area contributed by atoms with E-state index < -0.39 is 0 Å². The minimum atomic E-state index is -0.251. The lowest BCUT2D eigenvalue weighted by atomic mass is 9.71. The van der Waals surface area contributed by atoms with Crippen LogP contribution >= 0.6 is 11.6 Å². The van der Waals surface area contributed by atoms with Gasteiger partial charge in [0.25, 0.3) is 0 Å². The molecule has 2 heteroatoms. The molecule has 1 aromatic rings. The Labute approximate surface area is 151 Å². The highest BCUT2D eigenvalue weighted by molar-refractivity contribution is 6.31. The first kappa shape index (κ1) is 18.0. The summed E-state index contributed by atoms with van der Waals surface area (Å²) in [4.78, 5) is 0. The Bertz CT molecular complexity index is 596. The molecule has 0 saturated heterocycles. The second kappa shape index (κ2) is 8.04. The fraction of sp³-hybridized carbons (Fsp3) is 0.636. The number of rotatable bonds is 4. The van der Waals surface area contributed by atoms with Crippen molar-refractivity contribution in [3.63, 3.8) is 0 Å². The van der Waals surface area contributed by atoms with Gasteiger partial charge in [0.05, 0.1) is 5.02 Å².